The van der Waals surface area contributed by atoms with Crippen LogP contribution in [0.3, 0.4) is 0 Å². The van der Waals surface area contributed by atoms with Crippen LogP contribution < -0.4 is 4.74 Å². The first-order valence-electron chi connectivity index (χ1n) is 8.36. The number of rotatable bonds is 0. The molecule has 1 aliphatic heterocycles. The molecule has 3 N–H and O–H groups in total. The first kappa shape index (κ1) is 15.2. The Labute approximate surface area is 141 Å². The first-order valence-corrected chi connectivity index (χ1v) is 8.36. The SMILES string of the molecule is Cc1c(O)cc2c3c1OC(C)(C)C[C@H]3c1cc(O)c(O)cc1CC2. The summed E-state index contributed by atoms with van der Waals surface area (Å²) < 4.78 is 6.23. The van der Waals surface area contributed by atoms with Crippen LogP contribution in [0.15, 0.2) is 18.2 Å². The van der Waals surface area contributed by atoms with Gasteiger partial charge in [0.25, 0.3) is 0 Å². The zero-order valence-electron chi connectivity index (χ0n) is 14.2. The molecule has 2 aromatic rings. The minimum atomic E-state index is -0.372. The van der Waals surface area contributed by atoms with Crippen molar-refractivity contribution < 1.29 is 20.1 Å². The number of ether oxygens (including phenoxy) is 1. The number of phenols is 3. The topological polar surface area (TPSA) is 69.9 Å². The van der Waals surface area contributed by atoms with Crippen molar-refractivity contribution in [2.75, 3.05) is 0 Å². The second-order valence-electron chi connectivity index (χ2n) is 7.58. The van der Waals surface area contributed by atoms with Crippen LogP contribution in [0, 0.1) is 6.92 Å². The second-order valence-corrected chi connectivity index (χ2v) is 7.58. The monoisotopic (exact) mass is 326 g/mol. The van der Waals surface area contributed by atoms with E-state index in [9.17, 15) is 15.3 Å². The molecule has 0 radical (unpaired) electrons. The predicted octanol–water partition coefficient (Wildman–Crippen LogP) is 3.90. The Hall–Kier alpha value is -2.36. The average Bonchev–Trinajstić information content (AvgIpc) is 2.63. The molecular formula is C20H22O4. The molecule has 1 aliphatic carbocycles. The molecule has 1 atom stereocenters. The van der Waals surface area contributed by atoms with E-state index in [-0.39, 0.29) is 28.8 Å². The zero-order chi connectivity index (χ0) is 17.2. The lowest BCUT2D eigenvalue weighted by atomic mass is 9.77. The second kappa shape index (κ2) is 4.82. The third-order valence-corrected chi connectivity index (χ3v) is 5.32. The normalized spacial score (nSPS) is 20.5. The Bertz CT molecular complexity index is 851. The smallest absolute Gasteiger partial charge is 0.157 e. The Morgan fingerprint density at radius 3 is 2.33 bits per heavy atom. The van der Waals surface area contributed by atoms with Crippen molar-refractivity contribution in [3.8, 4) is 23.0 Å². The van der Waals surface area contributed by atoms with E-state index in [1.807, 2.05) is 26.8 Å². The van der Waals surface area contributed by atoms with Crippen LogP contribution in [0.5, 0.6) is 23.0 Å². The van der Waals surface area contributed by atoms with Crippen molar-refractivity contribution in [2.24, 2.45) is 0 Å². The van der Waals surface area contributed by atoms with E-state index in [0.29, 0.717) is 0 Å². The molecule has 0 unspecified atom stereocenters. The predicted molar refractivity (Wildman–Crippen MR) is 91.2 cm³/mol. The molecular weight excluding hydrogens is 304 g/mol. The van der Waals surface area contributed by atoms with Crippen molar-refractivity contribution in [2.45, 2.75) is 51.6 Å². The van der Waals surface area contributed by atoms with E-state index < -0.39 is 0 Å². The Morgan fingerprint density at radius 2 is 1.58 bits per heavy atom. The zero-order valence-corrected chi connectivity index (χ0v) is 14.2. The molecule has 1 heterocycles. The Balaban J connectivity index is 2.03. The van der Waals surface area contributed by atoms with Crippen LogP contribution in [0.1, 0.15) is 54.0 Å². The van der Waals surface area contributed by atoms with Crippen molar-refractivity contribution >= 4 is 0 Å². The molecule has 126 valence electrons. The maximum atomic E-state index is 10.3. The lowest BCUT2D eigenvalue weighted by Crippen LogP contribution is -2.36. The molecule has 2 aromatic carbocycles. The number of fused-ring (bicyclic) bond motifs is 2. The van der Waals surface area contributed by atoms with Gasteiger partial charge in [-0.1, -0.05) is 0 Å². The largest absolute Gasteiger partial charge is 0.508 e. The number of aromatic hydroxyl groups is 3. The van der Waals surface area contributed by atoms with Gasteiger partial charge in [0.1, 0.15) is 17.1 Å². The summed E-state index contributed by atoms with van der Waals surface area (Å²) >= 11 is 0. The third-order valence-electron chi connectivity index (χ3n) is 5.32. The van der Waals surface area contributed by atoms with Crippen molar-refractivity contribution in [3.05, 3.63) is 46.0 Å². The van der Waals surface area contributed by atoms with Crippen molar-refractivity contribution in [1.29, 1.82) is 0 Å². The Kier molecular flexibility index (Phi) is 3.05. The maximum absolute atomic E-state index is 10.3. The molecule has 0 spiro atoms. The van der Waals surface area contributed by atoms with E-state index >= 15 is 0 Å². The minimum Gasteiger partial charge on any atom is -0.508 e. The number of hydrogen-bond acceptors (Lipinski definition) is 4. The molecule has 0 fully saturated rings. The third kappa shape index (κ3) is 2.13. The highest BCUT2D eigenvalue weighted by atomic mass is 16.5. The average molecular weight is 326 g/mol. The summed E-state index contributed by atoms with van der Waals surface area (Å²) in [6, 6.07) is 5.21. The van der Waals surface area contributed by atoms with Gasteiger partial charge >= 0.3 is 0 Å². The highest BCUT2D eigenvalue weighted by Crippen LogP contribution is 2.52. The highest BCUT2D eigenvalue weighted by Gasteiger charge is 2.39. The van der Waals surface area contributed by atoms with Gasteiger partial charge < -0.3 is 20.1 Å². The van der Waals surface area contributed by atoms with E-state index in [4.69, 9.17) is 4.74 Å². The van der Waals surface area contributed by atoms with Gasteiger partial charge in [-0.25, -0.2) is 0 Å². The molecule has 0 amide bonds. The highest BCUT2D eigenvalue weighted by molar-refractivity contribution is 5.61. The van der Waals surface area contributed by atoms with E-state index in [0.717, 1.165) is 52.8 Å². The number of phenolic OH excluding ortho intramolecular Hbond substituents is 3. The van der Waals surface area contributed by atoms with Gasteiger partial charge in [0.05, 0.1) is 0 Å². The lowest BCUT2D eigenvalue weighted by Gasteiger charge is -2.39. The van der Waals surface area contributed by atoms with Gasteiger partial charge in [-0.3, -0.25) is 0 Å². The summed E-state index contributed by atoms with van der Waals surface area (Å²) in [5, 5.41) is 30.2. The quantitative estimate of drug-likeness (QED) is 0.642. The standard InChI is InChI=1S/C20H22O4/c1-10-15(21)7-12-5-4-11-6-16(22)17(23)8-13(11)14-9-20(2,3)24-19(10)18(12)14/h6-8,14,21-23H,4-5,9H2,1-3H3/t14-/m0/s1. The van der Waals surface area contributed by atoms with Gasteiger partial charge in [-0.15, -0.1) is 0 Å². The molecule has 4 nitrogen and oxygen atoms in total. The van der Waals surface area contributed by atoms with Crippen LogP contribution in [0.2, 0.25) is 0 Å². The molecule has 4 heteroatoms. The molecule has 0 aromatic heterocycles. The molecule has 24 heavy (non-hydrogen) atoms. The summed E-state index contributed by atoms with van der Waals surface area (Å²) in [6.07, 6.45) is 2.32. The van der Waals surface area contributed by atoms with E-state index in [2.05, 4.69) is 0 Å². The lowest BCUT2D eigenvalue weighted by molar-refractivity contribution is 0.0758. The molecule has 0 bridgehead atoms. The van der Waals surface area contributed by atoms with Gasteiger partial charge in [-0.2, -0.15) is 0 Å². The number of hydrogen-bond donors (Lipinski definition) is 3. The van der Waals surface area contributed by atoms with Crippen LogP contribution >= 0.6 is 0 Å². The number of benzene rings is 2. The Morgan fingerprint density at radius 1 is 0.958 bits per heavy atom. The van der Waals surface area contributed by atoms with Crippen molar-refractivity contribution in [1.82, 2.24) is 0 Å². The summed E-state index contributed by atoms with van der Waals surface area (Å²) in [4.78, 5) is 0. The van der Waals surface area contributed by atoms with Gasteiger partial charge in [-0.05, 0) is 74.9 Å². The van der Waals surface area contributed by atoms with Gasteiger partial charge in [0, 0.05) is 17.0 Å². The van der Waals surface area contributed by atoms with Crippen LogP contribution in [0.4, 0.5) is 0 Å². The first-order chi connectivity index (χ1) is 11.3. The van der Waals surface area contributed by atoms with E-state index in [1.54, 1.807) is 12.1 Å². The fraction of sp³-hybridized carbons (Fsp3) is 0.400. The summed E-state index contributed by atoms with van der Waals surface area (Å²) in [5.74, 6) is 0.953. The van der Waals surface area contributed by atoms with Gasteiger partial charge in [0.15, 0.2) is 11.5 Å². The summed E-state index contributed by atoms with van der Waals surface area (Å²) in [5.41, 5.74) is 4.69. The van der Waals surface area contributed by atoms with Crippen molar-refractivity contribution in [3.63, 3.8) is 0 Å². The summed E-state index contributed by atoms with van der Waals surface area (Å²) in [7, 11) is 0. The van der Waals surface area contributed by atoms with Crippen LogP contribution in [0.25, 0.3) is 0 Å². The number of aryl methyl sites for hydroxylation is 2. The van der Waals surface area contributed by atoms with Crippen LogP contribution in [-0.2, 0) is 12.8 Å². The fourth-order valence-corrected chi connectivity index (χ4v) is 4.16. The van der Waals surface area contributed by atoms with E-state index in [1.165, 1.54) is 0 Å². The fourth-order valence-electron chi connectivity index (χ4n) is 4.16. The van der Waals surface area contributed by atoms with Gasteiger partial charge in [0.2, 0.25) is 0 Å². The molecule has 4 rings (SSSR count). The molecule has 0 saturated carbocycles. The molecule has 0 saturated heterocycles. The molecule has 2 aliphatic rings. The maximum Gasteiger partial charge on any atom is 0.157 e. The summed E-state index contributed by atoms with van der Waals surface area (Å²) in [6.45, 7) is 5.97. The van der Waals surface area contributed by atoms with Crippen LogP contribution in [-0.4, -0.2) is 20.9 Å². The minimum absolute atomic E-state index is 0.0784.